The first-order chi connectivity index (χ1) is 37.7. The predicted octanol–water partition coefficient (Wildman–Crippen LogP) is 7.22. The zero-order valence-electron chi connectivity index (χ0n) is 44.8. The average Bonchev–Trinajstić information content (AvgIpc) is 3.59. The van der Waals surface area contributed by atoms with Crippen molar-refractivity contribution in [2.24, 2.45) is 0 Å². The van der Waals surface area contributed by atoms with E-state index in [1.165, 1.54) is 14.0 Å². The van der Waals surface area contributed by atoms with Crippen molar-refractivity contribution in [3.05, 3.63) is 179 Å². The summed E-state index contributed by atoms with van der Waals surface area (Å²) >= 11 is 0. The summed E-state index contributed by atoms with van der Waals surface area (Å²) in [4.78, 5) is 69.2. The van der Waals surface area contributed by atoms with Gasteiger partial charge in [-0.3, -0.25) is 24.1 Å². The van der Waals surface area contributed by atoms with Gasteiger partial charge < -0.3 is 56.8 Å². The molecule has 11 atom stereocenters. The summed E-state index contributed by atoms with van der Waals surface area (Å²) in [6.45, 7) is 4.28. The fraction of sp³-hybridized carbons (Fsp3) is 0.417. The topological polar surface area (TPSA) is 199 Å². The zero-order valence-corrected chi connectivity index (χ0v) is 44.8. The lowest BCUT2D eigenvalue weighted by molar-refractivity contribution is -0.351. The first-order valence-electron chi connectivity index (χ1n) is 25.8. The van der Waals surface area contributed by atoms with Gasteiger partial charge in [0.25, 0.3) is 5.79 Å². The number of carbonyl (C=O) groups is 5. The summed E-state index contributed by atoms with van der Waals surface area (Å²) in [7, 11) is 2.60. The van der Waals surface area contributed by atoms with Gasteiger partial charge in [-0.2, -0.15) is 0 Å². The minimum atomic E-state index is -2.52. The van der Waals surface area contributed by atoms with Crippen LogP contribution >= 0.6 is 0 Å². The van der Waals surface area contributed by atoms with Crippen LogP contribution in [0.1, 0.15) is 61.9 Å². The van der Waals surface area contributed by atoms with Crippen LogP contribution in [0.2, 0.25) is 0 Å². The number of hydrogen-bond acceptors (Lipinski definition) is 18. The number of esters is 5. The molecule has 7 rings (SSSR count). The Morgan fingerprint density at radius 3 is 1.47 bits per heavy atom. The second-order valence-electron chi connectivity index (χ2n) is 18.9. The summed E-state index contributed by atoms with van der Waals surface area (Å²) in [5.74, 6) is -6.75. The molecule has 5 aromatic carbocycles. The summed E-state index contributed by atoms with van der Waals surface area (Å²) in [5, 5.41) is 0. The Bertz CT molecular complexity index is 2610. The predicted molar refractivity (Wildman–Crippen MR) is 280 cm³/mol. The molecule has 5 aromatic rings. The smallest absolute Gasteiger partial charge is 0.366 e. The van der Waals surface area contributed by atoms with Crippen LogP contribution in [-0.4, -0.2) is 129 Å². The highest BCUT2D eigenvalue weighted by Gasteiger charge is 2.61. The number of carbonyl (C=O) groups excluding carboxylic acids is 5. The maximum atomic E-state index is 14.9. The largest absolute Gasteiger partial charge is 0.465 e. The van der Waals surface area contributed by atoms with Crippen LogP contribution in [0.15, 0.2) is 152 Å². The van der Waals surface area contributed by atoms with Crippen LogP contribution in [0, 0.1) is 0 Å². The Hall–Kier alpha value is -6.87. The Morgan fingerprint density at radius 1 is 0.577 bits per heavy atom. The molecule has 0 amide bonds. The van der Waals surface area contributed by atoms with Crippen LogP contribution in [0.25, 0.3) is 0 Å². The van der Waals surface area contributed by atoms with Crippen molar-refractivity contribution in [2.75, 3.05) is 27.4 Å². The Kier molecular flexibility index (Phi) is 22.0. The van der Waals surface area contributed by atoms with Crippen LogP contribution in [0.3, 0.4) is 0 Å². The molecular formula is C60H69NO17. The highest BCUT2D eigenvalue weighted by Crippen LogP contribution is 2.41. The van der Waals surface area contributed by atoms with E-state index in [0.717, 1.165) is 55.7 Å². The van der Waals surface area contributed by atoms with Gasteiger partial charge in [0.2, 0.25) is 0 Å². The van der Waals surface area contributed by atoms with E-state index < -0.39 is 116 Å². The Balaban J connectivity index is 1.35. The molecule has 18 heteroatoms. The molecule has 0 spiro atoms. The van der Waals surface area contributed by atoms with Crippen molar-refractivity contribution in [1.29, 1.82) is 0 Å². The van der Waals surface area contributed by atoms with Gasteiger partial charge in [0, 0.05) is 47.9 Å². The second kappa shape index (κ2) is 29.2. The molecule has 0 radical (unpaired) electrons. The Morgan fingerprint density at radius 2 is 1.04 bits per heavy atom. The molecule has 0 unspecified atom stereocenters. The second-order valence-corrected chi connectivity index (χ2v) is 18.9. The number of methoxy groups -OCH3 is 2. The van der Waals surface area contributed by atoms with Crippen molar-refractivity contribution >= 4 is 29.8 Å². The van der Waals surface area contributed by atoms with E-state index in [2.05, 4.69) is 0 Å². The zero-order chi connectivity index (χ0) is 55.4. The lowest BCUT2D eigenvalue weighted by Crippen LogP contribution is -2.69. The molecule has 0 bridgehead atoms. The van der Waals surface area contributed by atoms with E-state index in [4.69, 9.17) is 56.8 Å². The van der Waals surface area contributed by atoms with Crippen LogP contribution in [-0.2, 0) is 114 Å². The number of ether oxygens (including phenoxy) is 12. The summed E-state index contributed by atoms with van der Waals surface area (Å²) in [5.41, 5.74) is 4.23. The normalized spacial score (nSPS) is 23.8. The van der Waals surface area contributed by atoms with E-state index in [1.54, 1.807) is 0 Å². The molecule has 18 nitrogen and oxygen atoms in total. The van der Waals surface area contributed by atoms with E-state index in [1.807, 2.05) is 157 Å². The Labute approximate surface area is 455 Å². The quantitative estimate of drug-likeness (QED) is 0.0397. The summed E-state index contributed by atoms with van der Waals surface area (Å²) in [6, 6.07) is 46.4. The lowest BCUT2D eigenvalue weighted by atomic mass is 9.86. The van der Waals surface area contributed by atoms with E-state index in [9.17, 15) is 24.0 Å². The summed E-state index contributed by atoms with van der Waals surface area (Å²) in [6.07, 6.45) is -11.7. The molecule has 2 aliphatic rings. The van der Waals surface area contributed by atoms with Crippen molar-refractivity contribution in [2.45, 2.75) is 134 Å². The molecule has 0 N–H and O–H groups in total. The number of rotatable bonds is 26. The van der Waals surface area contributed by atoms with Crippen molar-refractivity contribution < 1.29 is 80.8 Å². The first kappa shape index (κ1) is 58.8. The molecule has 2 heterocycles. The monoisotopic (exact) mass is 1080 g/mol. The highest BCUT2D eigenvalue weighted by molar-refractivity contribution is 5.78. The molecule has 0 saturated carbocycles. The third kappa shape index (κ3) is 16.6. The highest BCUT2D eigenvalue weighted by atomic mass is 16.8. The van der Waals surface area contributed by atoms with E-state index in [-0.39, 0.29) is 32.9 Å². The van der Waals surface area contributed by atoms with Gasteiger partial charge in [0.05, 0.1) is 46.0 Å². The lowest BCUT2D eigenvalue weighted by Gasteiger charge is -2.52. The van der Waals surface area contributed by atoms with Gasteiger partial charge in [-0.1, -0.05) is 152 Å². The maximum Gasteiger partial charge on any atom is 0.366 e. The summed E-state index contributed by atoms with van der Waals surface area (Å²) < 4.78 is 76.1. The van der Waals surface area contributed by atoms with Crippen LogP contribution in [0.5, 0.6) is 0 Å². The molecule has 416 valence electrons. The molecule has 0 aromatic heterocycles. The third-order valence-electron chi connectivity index (χ3n) is 13.1. The standard InChI is InChI=1S/C60H69NO17/c1-40(62)69-38-50(75-42(3)64)54(76-43(4)65)55-52(61(33-44-22-12-7-13-23-44)34-45-24-14-8-15-25-45)49(74-41(2)63)32-60(78-55,59(66)68-6)73-39-51-53(70-35-46-26-16-9-17-27-46)56(71-36-47-28-18-10-19-29-47)57(58(67-5)77-51)72-37-48-30-20-11-21-31-48/h7-31,49-58H,32-39H2,1-6H3/t49-,50+,51+,52+,53-,54+,55+,56-,57+,58-,60-/m0/s1. The molecular weight excluding hydrogens is 1010 g/mol. The third-order valence-corrected chi connectivity index (χ3v) is 13.1. The van der Waals surface area contributed by atoms with Crippen molar-refractivity contribution in [3.8, 4) is 0 Å². The number of nitrogens with zero attached hydrogens (tertiary/aromatic N) is 1. The minimum Gasteiger partial charge on any atom is -0.465 e. The molecule has 0 aliphatic carbocycles. The van der Waals surface area contributed by atoms with Gasteiger partial charge >= 0.3 is 29.8 Å². The van der Waals surface area contributed by atoms with E-state index in [0.29, 0.717) is 0 Å². The maximum absolute atomic E-state index is 14.9. The minimum absolute atomic E-state index is 0.0825. The van der Waals surface area contributed by atoms with Crippen LogP contribution in [0.4, 0.5) is 0 Å². The fourth-order valence-electron chi connectivity index (χ4n) is 9.75. The number of benzene rings is 5. The fourth-order valence-corrected chi connectivity index (χ4v) is 9.75. The van der Waals surface area contributed by atoms with E-state index >= 15 is 0 Å². The molecule has 2 aliphatic heterocycles. The van der Waals surface area contributed by atoms with Gasteiger partial charge in [0.15, 0.2) is 18.5 Å². The van der Waals surface area contributed by atoms with Crippen molar-refractivity contribution in [3.63, 3.8) is 0 Å². The number of hydrogen-bond donors (Lipinski definition) is 0. The molecule has 2 fully saturated rings. The van der Waals surface area contributed by atoms with Crippen LogP contribution < -0.4 is 0 Å². The average molecular weight is 1080 g/mol. The van der Waals surface area contributed by atoms with Crippen molar-refractivity contribution in [1.82, 2.24) is 4.90 Å². The first-order valence-corrected chi connectivity index (χ1v) is 25.8. The molecule has 78 heavy (non-hydrogen) atoms. The van der Waals surface area contributed by atoms with Gasteiger partial charge in [-0.05, 0) is 27.8 Å². The van der Waals surface area contributed by atoms with Gasteiger partial charge in [-0.25, -0.2) is 4.79 Å². The van der Waals surface area contributed by atoms with Gasteiger partial charge in [0.1, 0.15) is 43.2 Å². The molecule has 2 saturated heterocycles. The van der Waals surface area contributed by atoms with Gasteiger partial charge in [-0.15, -0.1) is 0 Å². The SMILES string of the molecule is COC(=O)[C@]1(OC[C@H]2O[C@H](OC)[C@H](OCc3ccccc3)[C@@H](OCc3ccccc3)[C@H]2OCc2ccccc2)C[C@H](OC(C)=O)[C@@H](N(Cc2ccccc2)Cc2ccccc2)[C@H]([C@H](OC(C)=O)[C@@H](COC(C)=O)OC(C)=O)O1.